The third kappa shape index (κ3) is 2.33. The summed E-state index contributed by atoms with van der Waals surface area (Å²) in [6.45, 7) is 8.31. The van der Waals surface area contributed by atoms with Crippen LogP contribution >= 0.6 is 0 Å². The van der Waals surface area contributed by atoms with Crippen LogP contribution < -0.4 is 5.46 Å². The van der Waals surface area contributed by atoms with Gasteiger partial charge in [-0.2, -0.15) is 0 Å². The van der Waals surface area contributed by atoms with Crippen molar-refractivity contribution in [2.75, 3.05) is 6.61 Å². The van der Waals surface area contributed by atoms with Crippen molar-refractivity contribution in [1.29, 1.82) is 0 Å². The van der Waals surface area contributed by atoms with E-state index in [1.54, 1.807) is 0 Å². The number of aliphatic hydroxyl groups excluding tert-OH is 1. The Balaban J connectivity index is 2.29. The highest BCUT2D eigenvalue weighted by molar-refractivity contribution is 6.62. The van der Waals surface area contributed by atoms with Crippen LogP contribution in [0.2, 0.25) is 0 Å². The zero-order valence-corrected chi connectivity index (χ0v) is 11.6. The van der Waals surface area contributed by atoms with Gasteiger partial charge in [-0.05, 0) is 45.1 Å². The first-order valence-electron chi connectivity index (χ1n) is 6.42. The van der Waals surface area contributed by atoms with E-state index in [2.05, 4.69) is 0 Å². The lowest BCUT2D eigenvalue weighted by Gasteiger charge is -2.32. The van der Waals surface area contributed by atoms with Crippen LogP contribution in [0.1, 0.15) is 33.3 Å². The molecule has 0 amide bonds. The number of hydrogen-bond acceptors (Lipinski definition) is 3. The van der Waals surface area contributed by atoms with E-state index in [0.717, 1.165) is 11.0 Å². The van der Waals surface area contributed by atoms with Gasteiger partial charge in [0.25, 0.3) is 0 Å². The molecule has 1 aliphatic heterocycles. The zero-order chi connectivity index (χ0) is 13.4. The molecule has 1 heterocycles. The number of benzene rings is 1. The van der Waals surface area contributed by atoms with Gasteiger partial charge in [-0.1, -0.05) is 24.3 Å². The molecule has 1 aromatic rings. The minimum Gasteiger partial charge on any atom is -0.399 e. The summed E-state index contributed by atoms with van der Waals surface area (Å²) in [6, 6.07) is 7.96. The largest absolute Gasteiger partial charge is 0.495 e. The number of rotatable bonds is 3. The van der Waals surface area contributed by atoms with Gasteiger partial charge in [-0.15, -0.1) is 0 Å². The van der Waals surface area contributed by atoms with Gasteiger partial charge in [-0.3, -0.25) is 0 Å². The maximum Gasteiger partial charge on any atom is 0.495 e. The molecule has 3 nitrogen and oxygen atoms in total. The van der Waals surface area contributed by atoms with Crippen LogP contribution in [0.5, 0.6) is 0 Å². The van der Waals surface area contributed by atoms with E-state index in [-0.39, 0.29) is 24.9 Å². The third-order valence-corrected chi connectivity index (χ3v) is 3.94. The molecule has 1 aromatic carbocycles. The normalized spacial score (nSPS) is 21.3. The minimum absolute atomic E-state index is 0.135. The van der Waals surface area contributed by atoms with E-state index < -0.39 is 0 Å². The van der Waals surface area contributed by atoms with Crippen molar-refractivity contribution in [3.05, 3.63) is 29.8 Å². The van der Waals surface area contributed by atoms with Gasteiger partial charge in [0.15, 0.2) is 0 Å². The molecule has 2 rings (SSSR count). The fourth-order valence-corrected chi connectivity index (χ4v) is 2.08. The highest BCUT2D eigenvalue weighted by Gasteiger charge is 2.52. The lowest BCUT2D eigenvalue weighted by molar-refractivity contribution is 0.00578. The molecule has 1 saturated heterocycles. The first-order valence-corrected chi connectivity index (χ1v) is 6.42. The molecule has 0 aromatic heterocycles. The highest BCUT2D eigenvalue weighted by atomic mass is 16.7. The maximum absolute atomic E-state index is 9.11. The summed E-state index contributed by atoms with van der Waals surface area (Å²) in [6.07, 6.45) is 0.625. The van der Waals surface area contributed by atoms with Crippen molar-refractivity contribution in [3.63, 3.8) is 0 Å². The van der Waals surface area contributed by atoms with Gasteiger partial charge in [0, 0.05) is 6.61 Å². The Morgan fingerprint density at radius 1 is 1.06 bits per heavy atom. The molecule has 0 radical (unpaired) electrons. The first kappa shape index (κ1) is 13.6. The van der Waals surface area contributed by atoms with Gasteiger partial charge in [0.1, 0.15) is 0 Å². The summed E-state index contributed by atoms with van der Waals surface area (Å²) in [5.41, 5.74) is 1.44. The van der Waals surface area contributed by atoms with Crippen LogP contribution in [0.3, 0.4) is 0 Å². The number of aliphatic hydroxyl groups is 1. The average Bonchev–Trinajstić information content (AvgIpc) is 2.49. The van der Waals surface area contributed by atoms with Crippen LogP contribution in [-0.2, 0) is 15.7 Å². The zero-order valence-electron chi connectivity index (χ0n) is 11.6. The van der Waals surface area contributed by atoms with Crippen molar-refractivity contribution >= 4 is 12.6 Å². The molecule has 0 bridgehead atoms. The fourth-order valence-electron chi connectivity index (χ4n) is 2.08. The Morgan fingerprint density at radius 3 is 2.17 bits per heavy atom. The van der Waals surface area contributed by atoms with E-state index >= 15 is 0 Å². The van der Waals surface area contributed by atoms with Crippen molar-refractivity contribution in [1.82, 2.24) is 0 Å². The van der Waals surface area contributed by atoms with Gasteiger partial charge in [0.2, 0.25) is 0 Å². The summed E-state index contributed by atoms with van der Waals surface area (Å²) in [5, 5.41) is 9.11. The molecule has 4 heteroatoms. The second-order valence-electron chi connectivity index (χ2n) is 5.76. The maximum atomic E-state index is 9.11. The van der Waals surface area contributed by atoms with Gasteiger partial charge < -0.3 is 14.4 Å². The van der Waals surface area contributed by atoms with Crippen LogP contribution in [-0.4, -0.2) is 30.0 Å². The van der Waals surface area contributed by atoms with Gasteiger partial charge in [0.05, 0.1) is 11.2 Å². The molecule has 0 atom stereocenters. The van der Waals surface area contributed by atoms with Crippen molar-refractivity contribution in [3.8, 4) is 0 Å². The molecule has 1 N–H and O–H groups in total. The van der Waals surface area contributed by atoms with Crippen LogP contribution in [0.25, 0.3) is 0 Å². The smallest absolute Gasteiger partial charge is 0.399 e. The van der Waals surface area contributed by atoms with Crippen molar-refractivity contribution in [2.24, 2.45) is 0 Å². The Hall–Kier alpha value is -0.835. The molecule has 0 saturated carbocycles. The SMILES string of the molecule is CC1(C)OB(c2ccccc2CCO)OC1(C)C. The molecule has 1 aliphatic rings. The van der Waals surface area contributed by atoms with Crippen LogP contribution in [0.15, 0.2) is 24.3 Å². The molecule has 0 unspecified atom stereocenters. The predicted molar refractivity (Wildman–Crippen MR) is 72.9 cm³/mol. The quantitative estimate of drug-likeness (QED) is 0.824. The van der Waals surface area contributed by atoms with Gasteiger partial charge in [-0.25, -0.2) is 0 Å². The molecule has 1 fully saturated rings. The Morgan fingerprint density at radius 2 is 1.61 bits per heavy atom. The predicted octanol–water partition coefficient (Wildman–Crippen LogP) is 1.52. The highest BCUT2D eigenvalue weighted by Crippen LogP contribution is 2.36. The van der Waals surface area contributed by atoms with Crippen LogP contribution in [0.4, 0.5) is 0 Å². The van der Waals surface area contributed by atoms with Gasteiger partial charge >= 0.3 is 7.12 Å². The topological polar surface area (TPSA) is 38.7 Å². The monoisotopic (exact) mass is 248 g/mol. The van der Waals surface area contributed by atoms with E-state index in [0.29, 0.717) is 6.42 Å². The summed E-state index contributed by atoms with van der Waals surface area (Å²) < 4.78 is 12.1. The summed E-state index contributed by atoms with van der Waals surface area (Å²) in [4.78, 5) is 0. The lowest BCUT2D eigenvalue weighted by Crippen LogP contribution is -2.41. The van der Waals surface area contributed by atoms with E-state index in [9.17, 15) is 0 Å². The molecular formula is C14H21BO3. The fraction of sp³-hybridized carbons (Fsp3) is 0.571. The minimum atomic E-state index is -0.349. The Kier molecular flexibility index (Phi) is 3.54. The van der Waals surface area contributed by atoms with Crippen molar-refractivity contribution < 1.29 is 14.4 Å². The molecule has 0 spiro atoms. The second-order valence-corrected chi connectivity index (χ2v) is 5.76. The van der Waals surface area contributed by atoms with Crippen LogP contribution in [0, 0.1) is 0 Å². The van der Waals surface area contributed by atoms with E-state index in [1.165, 1.54) is 0 Å². The standard InChI is InChI=1S/C14H21BO3/c1-13(2)14(3,4)18-15(17-13)12-8-6-5-7-11(12)9-10-16/h5-8,16H,9-10H2,1-4H3. The first-order chi connectivity index (χ1) is 8.37. The molecule has 98 valence electrons. The Bertz CT molecular complexity index is 413. The summed E-state index contributed by atoms with van der Waals surface area (Å²) in [7, 11) is -0.349. The summed E-state index contributed by atoms with van der Waals surface area (Å²) >= 11 is 0. The Labute approximate surface area is 109 Å². The third-order valence-electron chi connectivity index (χ3n) is 3.94. The lowest BCUT2D eigenvalue weighted by atomic mass is 9.75. The van der Waals surface area contributed by atoms with E-state index in [1.807, 2.05) is 52.0 Å². The average molecular weight is 248 g/mol. The van der Waals surface area contributed by atoms with Crippen molar-refractivity contribution in [2.45, 2.75) is 45.3 Å². The number of hydrogen-bond donors (Lipinski definition) is 1. The summed E-state index contributed by atoms with van der Waals surface area (Å²) in [5.74, 6) is 0. The second kappa shape index (κ2) is 4.69. The molecular weight excluding hydrogens is 227 g/mol. The molecule has 0 aliphatic carbocycles. The molecule has 18 heavy (non-hydrogen) atoms. The van der Waals surface area contributed by atoms with E-state index in [4.69, 9.17) is 14.4 Å².